The van der Waals surface area contributed by atoms with Crippen molar-refractivity contribution >= 4 is 32.3 Å². The van der Waals surface area contributed by atoms with Crippen molar-refractivity contribution in [1.29, 1.82) is 5.26 Å². The summed E-state index contributed by atoms with van der Waals surface area (Å²) < 4.78 is 26.7. The maximum Gasteiger partial charge on any atom is 0.307 e. The number of anilines is 1. The van der Waals surface area contributed by atoms with Gasteiger partial charge in [-0.3, -0.25) is 9.52 Å². The molecule has 0 saturated carbocycles. The number of nitrogens with zero attached hydrogens (tertiary/aromatic N) is 1. The molecule has 2 N–H and O–H groups in total. The minimum absolute atomic E-state index is 0.00827. The predicted molar refractivity (Wildman–Crippen MR) is 77.6 cm³/mol. The van der Waals surface area contributed by atoms with Crippen molar-refractivity contribution in [2.75, 3.05) is 4.72 Å². The van der Waals surface area contributed by atoms with E-state index in [9.17, 15) is 13.2 Å². The van der Waals surface area contributed by atoms with Crippen LogP contribution in [0.15, 0.2) is 40.6 Å². The zero-order chi connectivity index (χ0) is 15.5. The number of carboxylic acid groups (broad SMARTS) is 1. The Labute approximate surface area is 125 Å². The summed E-state index contributed by atoms with van der Waals surface area (Å²) in [6.07, 6.45) is -0.169. The van der Waals surface area contributed by atoms with Gasteiger partial charge in [0.2, 0.25) is 0 Å². The molecule has 0 spiro atoms. The summed E-state index contributed by atoms with van der Waals surface area (Å²) in [5.41, 5.74) is 0.765. The number of nitriles is 1. The first-order valence-corrected chi connectivity index (χ1v) is 8.10. The van der Waals surface area contributed by atoms with Crippen LogP contribution in [0.3, 0.4) is 0 Å². The Morgan fingerprint density at radius 1 is 1.29 bits per heavy atom. The average molecular weight is 322 g/mol. The third-order valence-electron chi connectivity index (χ3n) is 2.60. The molecule has 0 amide bonds. The van der Waals surface area contributed by atoms with Crippen LogP contribution in [0.2, 0.25) is 0 Å². The van der Waals surface area contributed by atoms with E-state index >= 15 is 0 Å². The highest BCUT2D eigenvalue weighted by molar-refractivity contribution is 7.93. The van der Waals surface area contributed by atoms with Crippen LogP contribution in [0.1, 0.15) is 11.1 Å². The molecule has 0 atom stereocenters. The fourth-order valence-corrected chi connectivity index (χ4v) is 3.69. The lowest BCUT2D eigenvalue weighted by atomic mass is 10.2. The second kappa shape index (κ2) is 5.95. The molecule has 2 rings (SSSR count). The number of aliphatic carboxylic acids is 1. The van der Waals surface area contributed by atoms with Gasteiger partial charge < -0.3 is 5.11 Å². The molecule has 8 heteroatoms. The Kier molecular flexibility index (Phi) is 4.26. The van der Waals surface area contributed by atoms with Crippen LogP contribution in [0.4, 0.5) is 5.00 Å². The molecule has 108 valence electrons. The fraction of sp³-hybridized carbons (Fsp3) is 0.0769. The number of carbonyl (C=O) groups is 1. The van der Waals surface area contributed by atoms with Gasteiger partial charge in [-0.05, 0) is 29.1 Å². The average Bonchev–Trinajstić information content (AvgIpc) is 2.85. The summed E-state index contributed by atoms with van der Waals surface area (Å²) in [5, 5.41) is 19.4. The van der Waals surface area contributed by atoms with Gasteiger partial charge in [-0.15, -0.1) is 11.3 Å². The quantitative estimate of drug-likeness (QED) is 0.876. The van der Waals surface area contributed by atoms with Crippen LogP contribution in [-0.4, -0.2) is 19.5 Å². The minimum atomic E-state index is -3.80. The molecule has 2 aromatic rings. The zero-order valence-electron chi connectivity index (χ0n) is 10.6. The molecule has 1 aromatic carbocycles. The van der Waals surface area contributed by atoms with E-state index in [0.29, 0.717) is 5.56 Å². The van der Waals surface area contributed by atoms with Gasteiger partial charge in [-0.25, -0.2) is 8.42 Å². The molecule has 0 aliphatic heterocycles. The lowest BCUT2D eigenvalue weighted by molar-refractivity contribution is -0.136. The van der Waals surface area contributed by atoms with E-state index in [1.807, 2.05) is 6.07 Å². The van der Waals surface area contributed by atoms with Crippen molar-refractivity contribution in [3.8, 4) is 6.07 Å². The number of benzene rings is 1. The molecule has 6 nitrogen and oxygen atoms in total. The summed E-state index contributed by atoms with van der Waals surface area (Å²) in [6, 6.07) is 8.99. The van der Waals surface area contributed by atoms with E-state index in [2.05, 4.69) is 4.72 Å². The van der Waals surface area contributed by atoms with Gasteiger partial charge in [0.25, 0.3) is 10.0 Å². The molecule has 0 radical (unpaired) electrons. The number of nitrogens with one attached hydrogen (secondary N) is 1. The van der Waals surface area contributed by atoms with E-state index < -0.39 is 16.0 Å². The Morgan fingerprint density at radius 3 is 2.52 bits per heavy atom. The number of rotatable bonds is 5. The third kappa shape index (κ3) is 3.59. The Hall–Kier alpha value is -2.37. The summed E-state index contributed by atoms with van der Waals surface area (Å²) in [5.74, 6) is -0.985. The number of hydrogen-bond acceptors (Lipinski definition) is 5. The second-order valence-corrected chi connectivity index (χ2v) is 6.69. The van der Waals surface area contributed by atoms with Crippen LogP contribution < -0.4 is 4.72 Å². The maximum atomic E-state index is 12.2. The smallest absolute Gasteiger partial charge is 0.307 e. The van der Waals surface area contributed by atoms with Gasteiger partial charge in [0.05, 0.1) is 16.9 Å². The highest BCUT2D eigenvalue weighted by Crippen LogP contribution is 2.25. The lowest BCUT2D eigenvalue weighted by Crippen LogP contribution is -2.13. The first-order chi connectivity index (χ1) is 9.92. The van der Waals surface area contributed by atoms with Gasteiger partial charge in [0.1, 0.15) is 11.1 Å². The lowest BCUT2D eigenvalue weighted by Gasteiger charge is -2.07. The van der Waals surface area contributed by atoms with Gasteiger partial charge >= 0.3 is 5.97 Å². The summed E-state index contributed by atoms with van der Waals surface area (Å²) in [4.78, 5) is 10.6. The van der Waals surface area contributed by atoms with Gasteiger partial charge in [-0.2, -0.15) is 5.26 Å². The second-order valence-electron chi connectivity index (χ2n) is 4.10. The van der Waals surface area contributed by atoms with Gasteiger partial charge in [0, 0.05) is 0 Å². The van der Waals surface area contributed by atoms with Crippen LogP contribution in [0, 0.1) is 11.3 Å². The monoisotopic (exact) mass is 322 g/mol. The van der Waals surface area contributed by atoms with Crippen LogP contribution >= 0.6 is 11.3 Å². The van der Waals surface area contributed by atoms with E-state index in [1.165, 1.54) is 30.3 Å². The number of thiophene rings is 1. The first kappa shape index (κ1) is 15.0. The van der Waals surface area contributed by atoms with Crippen LogP contribution in [0.25, 0.3) is 0 Å². The van der Waals surface area contributed by atoms with Crippen molar-refractivity contribution in [3.05, 3.63) is 46.8 Å². The standard InChI is InChI=1S/C13H10N2O4S2/c14-8-10-5-6-20-13(10)15-21(18,19)11-3-1-9(2-4-11)7-12(16)17/h1-6,15H,7H2,(H,16,17). The molecular formula is C13H10N2O4S2. The Morgan fingerprint density at radius 2 is 1.95 bits per heavy atom. The topological polar surface area (TPSA) is 107 Å². The minimum Gasteiger partial charge on any atom is -0.481 e. The van der Waals surface area contributed by atoms with Gasteiger partial charge in [0.15, 0.2) is 0 Å². The molecule has 0 bridgehead atoms. The molecule has 0 fully saturated rings. The molecule has 0 aliphatic carbocycles. The largest absolute Gasteiger partial charge is 0.481 e. The normalized spacial score (nSPS) is 10.8. The molecule has 1 heterocycles. The van der Waals surface area contributed by atoms with Gasteiger partial charge in [-0.1, -0.05) is 12.1 Å². The van der Waals surface area contributed by atoms with Crippen molar-refractivity contribution in [2.24, 2.45) is 0 Å². The Bertz CT molecular complexity index is 801. The summed E-state index contributed by atoms with van der Waals surface area (Å²) in [6.45, 7) is 0. The van der Waals surface area contributed by atoms with E-state index in [0.717, 1.165) is 11.3 Å². The molecule has 1 aromatic heterocycles. The SMILES string of the molecule is N#Cc1ccsc1NS(=O)(=O)c1ccc(CC(=O)O)cc1. The summed E-state index contributed by atoms with van der Waals surface area (Å²) in [7, 11) is -3.80. The van der Waals surface area contributed by atoms with Crippen molar-refractivity contribution in [1.82, 2.24) is 0 Å². The van der Waals surface area contributed by atoms with Crippen molar-refractivity contribution < 1.29 is 18.3 Å². The van der Waals surface area contributed by atoms with Crippen molar-refractivity contribution in [2.45, 2.75) is 11.3 Å². The number of hydrogen-bond donors (Lipinski definition) is 2. The first-order valence-electron chi connectivity index (χ1n) is 5.73. The number of carboxylic acids is 1. The molecule has 0 unspecified atom stereocenters. The predicted octanol–water partition coefficient (Wildman–Crippen LogP) is 2.05. The van der Waals surface area contributed by atoms with E-state index in [4.69, 9.17) is 10.4 Å². The number of sulfonamides is 1. The fourth-order valence-electron chi connectivity index (χ4n) is 1.62. The third-order valence-corrected chi connectivity index (χ3v) is 4.93. The summed E-state index contributed by atoms with van der Waals surface area (Å²) >= 11 is 1.12. The van der Waals surface area contributed by atoms with Crippen molar-refractivity contribution in [3.63, 3.8) is 0 Å². The molecular weight excluding hydrogens is 312 g/mol. The highest BCUT2D eigenvalue weighted by Gasteiger charge is 2.17. The molecule has 21 heavy (non-hydrogen) atoms. The van der Waals surface area contributed by atoms with E-state index in [-0.39, 0.29) is 21.9 Å². The maximum absolute atomic E-state index is 12.2. The van der Waals surface area contributed by atoms with Crippen LogP contribution in [0.5, 0.6) is 0 Å². The highest BCUT2D eigenvalue weighted by atomic mass is 32.2. The zero-order valence-corrected chi connectivity index (χ0v) is 12.2. The Balaban J connectivity index is 2.24. The van der Waals surface area contributed by atoms with E-state index in [1.54, 1.807) is 5.38 Å². The molecule has 0 aliphatic rings. The molecule has 0 saturated heterocycles. The van der Waals surface area contributed by atoms with Crippen LogP contribution in [-0.2, 0) is 21.2 Å².